The van der Waals surface area contributed by atoms with Gasteiger partial charge < -0.3 is 10.2 Å². The summed E-state index contributed by atoms with van der Waals surface area (Å²) in [5, 5.41) is 3.26. The summed E-state index contributed by atoms with van der Waals surface area (Å²) in [4.78, 5) is 13.9. The van der Waals surface area contributed by atoms with Crippen LogP contribution in [0.15, 0.2) is 18.2 Å². The zero-order chi connectivity index (χ0) is 13.3. The second kappa shape index (κ2) is 6.30. The van der Waals surface area contributed by atoms with E-state index in [-0.39, 0.29) is 36.0 Å². The zero-order valence-corrected chi connectivity index (χ0v) is 11.6. The molecule has 1 N–H and O–H groups in total. The summed E-state index contributed by atoms with van der Waals surface area (Å²) in [5.74, 6) is -2.18. The molecule has 0 aliphatic carbocycles. The van der Waals surface area contributed by atoms with Crippen LogP contribution in [-0.4, -0.2) is 36.0 Å². The zero-order valence-electron chi connectivity index (χ0n) is 10.8. The van der Waals surface area contributed by atoms with Crippen LogP contribution >= 0.6 is 12.4 Å². The molecular formula is C13H17ClF2N2O. The average molecular weight is 291 g/mol. The van der Waals surface area contributed by atoms with Crippen LogP contribution in [-0.2, 0) is 0 Å². The molecular weight excluding hydrogens is 274 g/mol. The summed E-state index contributed by atoms with van der Waals surface area (Å²) in [5.41, 5.74) is 0.190. The van der Waals surface area contributed by atoms with E-state index in [0.29, 0.717) is 13.1 Å². The van der Waals surface area contributed by atoms with E-state index in [1.807, 2.05) is 13.8 Å². The summed E-state index contributed by atoms with van der Waals surface area (Å²) in [6, 6.07) is 3.51. The van der Waals surface area contributed by atoms with Crippen molar-refractivity contribution in [2.75, 3.05) is 13.1 Å². The number of nitrogens with one attached hydrogen (secondary N) is 1. The van der Waals surface area contributed by atoms with Gasteiger partial charge in [-0.2, -0.15) is 0 Å². The summed E-state index contributed by atoms with van der Waals surface area (Å²) in [7, 11) is 0. The van der Waals surface area contributed by atoms with Crippen LogP contribution in [0.1, 0.15) is 24.2 Å². The fraction of sp³-hybridized carbons (Fsp3) is 0.462. The Bertz CT molecular complexity index is 470. The molecule has 0 saturated carbocycles. The SMILES string of the molecule is CC1CN(C(=O)c2ccc(F)c(F)c2)C(C)CN1.Cl. The van der Waals surface area contributed by atoms with E-state index in [2.05, 4.69) is 5.32 Å². The number of nitrogens with zero attached hydrogens (tertiary/aromatic N) is 1. The lowest BCUT2D eigenvalue weighted by Gasteiger charge is -2.37. The Morgan fingerprint density at radius 2 is 2.00 bits per heavy atom. The lowest BCUT2D eigenvalue weighted by Crippen LogP contribution is -2.56. The normalized spacial score (nSPS) is 22.8. The van der Waals surface area contributed by atoms with Gasteiger partial charge in [-0.25, -0.2) is 8.78 Å². The Morgan fingerprint density at radius 3 is 2.63 bits per heavy atom. The number of carbonyl (C=O) groups is 1. The molecule has 0 aromatic heterocycles. The lowest BCUT2D eigenvalue weighted by atomic mass is 10.1. The molecule has 1 aromatic carbocycles. The van der Waals surface area contributed by atoms with E-state index < -0.39 is 11.6 Å². The number of piperazine rings is 1. The fourth-order valence-corrected chi connectivity index (χ4v) is 2.10. The van der Waals surface area contributed by atoms with Crippen LogP contribution in [0, 0.1) is 11.6 Å². The summed E-state index contributed by atoms with van der Waals surface area (Å²) < 4.78 is 26.0. The molecule has 0 radical (unpaired) electrons. The second-order valence-corrected chi connectivity index (χ2v) is 4.74. The van der Waals surface area contributed by atoms with Crippen LogP contribution in [0.25, 0.3) is 0 Å². The van der Waals surface area contributed by atoms with Crippen molar-refractivity contribution >= 4 is 18.3 Å². The lowest BCUT2D eigenvalue weighted by molar-refractivity contribution is 0.0615. The van der Waals surface area contributed by atoms with Gasteiger partial charge in [0.1, 0.15) is 0 Å². The minimum Gasteiger partial charge on any atom is -0.333 e. The van der Waals surface area contributed by atoms with Gasteiger partial charge >= 0.3 is 0 Å². The molecule has 3 nitrogen and oxygen atoms in total. The quantitative estimate of drug-likeness (QED) is 0.860. The van der Waals surface area contributed by atoms with Gasteiger partial charge in [-0.3, -0.25) is 4.79 Å². The highest BCUT2D eigenvalue weighted by molar-refractivity contribution is 5.94. The number of hydrogen-bond donors (Lipinski definition) is 1. The molecule has 1 fully saturated rings. The summed E-state index contributed by atoms with van der Waals surface area (Å²) in [6.45, 7) is 5.18. The van der Waals surface area contributed by atoms with Crippen molar-refractivity contribution in [2.45, 2.75) is 25.9 Å². The largest absolute Gasteiger partial charge is 0.333 e. The molecule has 1 heterocycles. The van der Waals surface area contributed by atoms with E-state index in [9.17, 15) is 13.6 Å². The Hall–Kier alpha value is -1.20. The third-order valence-electron chi connectivity index (χ3n) is 3.19. The Morgan fingerprint density at radius 1 is 1.32 bits per heavy atom. The summed E-state index contributed by atoms with van der Waals surface area (Å²) in [6.07, 6.45) is 0. The van der Waals surface area contributed by atoms with Gasteiger partial charge in [0, 0.05) is 30.7 Å². The van der Waals surface area contributed by atoms with E-state index in [0.717, 1.165) is 12.1 Å². The summed E-state index contributed by atoms with van der Waals surface area (Å²) >= 11 is 0. The highest BCUT2D eigenvalue weighted by Gasteiger charge is 2.27. The molecule has 1 amide bonds. The number of carbonyl (C=O) groups excluding carboxylic acids is 1. The van der Waals surface area contributed by atoms with Crippen LogP contribution in [0.2, 0.25) is 0 Å². The smallest absolute Gasteiger partial charge is 0.254 e. The number of benzene rings is 1. The Balaban J connectivity index is 0.00000180. The highest BCUT2D eigenvalue weighted by atomic mass is 35.5. The molecule has 2 unspecified atom stereocenters. The van der Waals surface area contributed by atoms with Crippen molar-refractivity contribution in [3.05, 3.63) is 35.4 Å². The minimum atomic E-state index is -0.989. The van der Waals surface area contributed by atoms with Crippen LogP contribution in [0.3, 0.4) is 0 Å². The molecule has 106 valence electrons. The molecule has 1 aliphatic rings. The molecule has 0 spiro atoms. The van der Waals surface area contributed by atoms with Crippen molar-refractivity contribution in [2.24, 2.45) is 0 Å². The van der Waals surface area contributed by atoms with Crippen molar-refractivity contribution in [3.8, 4) is 0 Å². The first-order valence-electron chi connectivity index (χ1n) is 5.98. The first-order chi connectivity index (χ1) is 8.49. The highest BCUT2D eigenvalue weighted by Crippen LogP contribution is 2.15. The van der Waals surface area contributed by atoms with E-state index >= 15 is 0 Å². The van der Waals surface area contributed by atoms with E-state index in [1.165, 1.54) is 6.07 Å². The molecule has 2 atom stereocenters. The number of halogens is 3. The Kier molecular flexibility index (Phi) is 5.26. The Labute approximate surface area is 117 Å². The van der Waals surface area contributed by atoms with Gasteiger partial charge in [0.25, 0.3) is 5.91 Å². The molecule has 6 heteroatoms. The molecule has 1 aliphatic heterocycles. The van der Waals surface area contributed by atoms with Crippen LogP contribution in [0.5, 0.6) is 0 Å². The monoisotopic (exact) mass is 290 g/mol. The van der Waals surface area contributed by atoms with Gasteiger partial charge in [0.2, 0.25) is 0 Å². The van der Waals surface area contributed by atoms with Gasteiger partial charge in [-0.15, -0.1) is 12.4 Å². The van der Waals surface area contributed by atoms with Gasteiger partial charge in [0.15, 0.2) is 11.6 Å². The fourth-order valence-electron chi connectivity index (χ4n) is 2.10. The molecule has 19 heavy (non-hydrogen) atoms. The number of hydrogen-bond acceptors (Lipinski definition) is 2. The second-order valence-electron chi connectivity index (χ2n) is 4.74. The van der Waals surface area contributed by atoms with E-state index in [4.69, 9.17) is 0 Å². The minimum absolute atomic E-state index is 0. The average Bonchev–Trinajstić information content (AvgIpc) is 2.35. The van der Waals surface area contributed by atoms with E-state index in [1.54, 1.807) is 4.90 Å². The van der Waals surface area contributed by atoms with Crippen molar-refractivity contribution in [3.63, 3.8) is 0 Å². The molecule has 2 rings (SSSR count). The van der Waals surface area contributed by atoms with Gasteiger partial charge in [0.05, 0.1) is 0 Å². The maximum atomic E-state index is 13.1. The van der Waals surface area contributed by atoms with Crippen LogP contribution in [0.4, 0.5) is 8.78 Å². The first-order valence-corrected chi connectivity index (χ1v) is 5.98. The number of rotatable bonds is 1. The van der Waals surface area contributed by atoms with Crippen LogP contribution < -0.4 is 5.32 Å². The maximum absolute atomic E-state index is 13.1. The van der Waals surface area contributed by atoms with Gasteiger partial charge in [-0.1, -0.05) is 0 Å². The topological polar surface area (TPSA) is 32.3 Å². The van der Waals surface area contributed by atoms with Crippen molar-refractivity contribution < 1.29 is 13.6 Å². The number of amides is 1. The van der Waals surface area contributed by atoms with Crippen molar-refractivity contribution in [1.82, 2.24) is 10.2 Å². The molecule has 1 aromatic rings. The molecule has 0 bridgehead atoms. The predicted octanol–water partition coefficient (Wildman–Crippen LogP) is 2.21. The standard InChI is InChI=1S/C13H16F2N2O.ClH/c1-8-7-17(9(2)6-16-8)13(18)10-3-4-11(14)12(15)5-10;/h3-5,8-9,16H,6-7H2,1-2H3;1H. The third kappa shape index (κ3) is 3.42. The van der Waals surface area contributed by atoms with Gasteiger partial charge in [-0.05, 0) is 32.0 Å². The molecule has 1 saturated heterocycles. The third-order valence-corrected chi connectivity index (χ3v) is 3.19. The first kappa shape index (κ1) is 15.9. The van der Waals surface area contributed by atoms with Crippen molar-refractivity contribution in [1.29, 1.82) is 0 Å². The predicted molar refractivity (Wildman–Crippen MR) is 71.6 cm³/mol. The maximum Gasteiger partial charge on any atom is 0.254 e.